The van der Waals surface area contributed by atoms with Crippen LogP contribution in [-0.2, 0) is 11.3 Å². The van der Waals surface area contributed by atoms with Crippen LogP contribution in [0.2, 0.25) is 0 Å². The van der Waals surface area contributed by atoms with Crippen molar-refractivity contribution >= 4 is 17.6 Å². The lowest BCUT2D eigenvalue weighted by Crippen LogP contribution is -2.47. The molecule has 0 bridgehead atoms. The Morgan fingerprint density at radius 3 is 2.71 bits per heavy atom. The first kappa shape index (κ1) is 13.8. The van der Waals surface area contributed by atoms with Crippen LogP contribution in [0, 0.1) is 5.92 Å². The van der Waals surface area contributed by atoms with Crippen molar-refractivity contribution in [1.29, 1.82) is 0 Å². The molecule has 5 nitrogen and oxygen atoms in total. The number of aliphatic imine (C=N–C) groups is 1. The summed E-state index contributed by atoms with van der Waals surface area (Å²) in [6, 6.07) is 6.94. The number of hydrogen-bond acceptors (Lipinski definition) is 3. The second-order valence-electron chi connectivity index (χ2n) is 5.46. The first-order valence-corrected chi connectivity index (χ1v) is 7.25. The molecule has 3 rings (SSSR count). The highest BCUT2D eigenvalue weighted by atomic mass is 16.5. The van der Waals surface area contributed by atoms with E-state index in [1.165, 1.54) is 4.90 Å². The van der Waals surface area contributed by atoms with E-state index in [9.17, 15) is 9.59 Å². The number of carbonyl (C=O) groups excluding carboxylic acids is 2. The van der Waals surface area contributed by atoms with Crippen LogP contribution in [0.15, 0.2) is 29.3 Å². The molecule has 0 radical (unpaired) electrons. The van der Waals surface area contributed by atoms with Gasteiger partial charge < -0.3 is 4.74 Å². The standard InChI is InChI=1S/C16H18N2O3/c1-21-12-8-6-11(7-9-12)10-18-15(19)13-4-2-3-5-14(13)17-16(18)20/h6-9,13H,2-5,10H2,1H3. The third-order valence-corrected chi connectivity index (χ3v) is 4.11. The van der Waals surface area contributed by atoms with Crippen molar-refractivity contribution in [3.05, 3.63) is 29.8 Å². The van der Waals surface area contributed by atoms with Crippen LogP contribution in [0.1, 0.15) is 31.2 Å². The minimum Gasteiger partial charge on any atom is -0.497 e. The van der Waals surface area contributed by atoms with E-state index in [1.54, 1.807) is 7.11 Å². The zero-order chi connectivity index (χ0) is 14.8. The summed E-state index contributed by atoms with van der Waals surface area (Å²) < 4.78 is 5.10. The third kappa shape index (κ3) is 2.68. The van der Waals surface area contributed by atoms with Crippen molar-refractivity contribution in [1.82, 2.24) is 4.90 Å². The molecule has 1 fully saturated rings. The molecular weight excluding hydrogens is 268 g/mol. The lowest BCUT2D eigenvalue weighted by molar-refractivity contribution is -0.131. The van der Waals surface area contributed by atoms with Gasteiger partial charge in [0.2, 0.25) is 5.91 Å². The van der Waals surface area contributed by atoms with Crippen LogP contribution in [-0.4, -0.2) is 29.7 Å². The van der Waals surface area contributed by atoms with Gasteiger partial charge >= 0.3 is 6.03 Å². The fourth-order valence-corrected chi connectivity index (χ4v) is 2.92. The summed E-state index contributed by atoms with van der Waals surface area (Å²) in [6.45, 7) is 0.273. The highest BCUT2D eigenvalue weighted by molar-refractivity contribution is 6.16. The number of carbonyl (C=O) groups is 2. The van der Waals surface area contributed by atoms with E-state index in [1.807, 2.05) is 24.3 Å². The van der Waals surface area contributed by atoms with Gasteiger partial charge in [-0.15, -0.1) is 0 Å². The Labute approximate surface area is 123 Å². The van der Waals surface area contributed by atoms with Gasteiger partial charge in [0.05, 0.1) is 19.6 Å². The van der Waals surface area contributed by atoms with E-state index in [2.05, 4.69) is 4.99 Å². The molecule has 1 aromatic carbocycles. The Hall–Kier alpha value is -2.17. The van der Waals surface area contributed by atoms with Crippen LogP contribution in [0.4, 0.5) is 4.79 Å². The second kappa shape index (κ2) is 5.68. The number of rotatable bonds is 3. The number of benzene rings is 1. The highest BCUT2D eigenvalue weighted by Gasteiger charge is 2.38. The molecule has 0 spiro atoms. The Balaban J connectivity index is 1.79. The van der Waals surface area contributed by atoms with E-state index >= 15 is 0 Å². The SMILES string of the molecule is COc1ccc(CN2C(=O)N=C3CCCCC3C2=O)cc1. The summed E-state index contributed by atoms with van der Waals surface area (Å²) in [7, 11) is 1.60. The van der Waals surface area contributed by atoms with Crippen LogP contribution in [0.5, 0.6) is 5.75 Å². The van der Waals surface area contributed by atoms with Gasteiger partial charge in [-0.25, -0.2) is 9.79 Å². The van der Waals surface area contributed by atoms with Crippen molar-refractivity contribution in [3.8, 4) is 5.75 Å². The predicted molar refractivity (Wildman–Crippen MR) is 78.3 cm³/mol. The van der Waals surface area contributed by atoms with Gasteiger partial charge in [-0.05, 0) is 37.0 Å². The maximum Gasteiger partial charge on any atom is 0.350 e. The fourth-order valence-electron chi connectivity index (χ4n) is 2.92. The smallest absolute Gasteiger partial charge is 0.350 e. The number of nitrogens with zero attached hydrogens (tertiary/aromatic N) is 2. The zero-order valence-electron chi connectivity index (χ0n) is 12.0. The molecule has 1 unspecified atom stereocenters. The number of urea groups is 1. The van der Waals surface area contributed by atoms with Crippen LogP contribution in [0.3, 0.4) is 0 Å². The van der Waals surface area contributed by atoms with E-state index in [0.717, 1.165) is 42.7 Å². The normalized spacial score (nSPS) is 21.9. The molecule has 1 heterocycles. The maximum atomic E-state index is 12.5. The van der Waals surface area contributed by atoms with E-state index in [4.69, 9.17) is 4.74 Å². The molecule has 1 saturated carbocycles. The van der Waals surface area contributed by atoms with Crippen LogP contribution < -0.4 is 4.74 Å². The zero-order valence-corrected chi connectivity index (χ0v) is 12.0. The quantitative estimate of drug-likeness (QED) is 0.858. The second-order valence-corrected chi connectivity index (χ2v) is 5.46. The average Bonchev–Trinajstić information content (AvgIpc) is 2.52. The Bertz CT molecular complexity index is 592. The third-order valence-electron chi connectivity index (χ3n) is 4.11. The lowest BCUT2D eigenvalue weighted by Gasteiger charge is -2.32. The molecule has 5 heteroatoms. The number of amides is 3. The molecule has 0 N–H and O–H groups in total. The average molecular weight is 286 g/mol. The summed E-state index contributed by atoms with van der Waals surface area (Å²) in [4.78, 5) is 30.0. The predicted octanol–water partition coefficient (Wildman–Crippen LogP) is 2.79. The van der Waals surface area contributed by atoms with Gasteiger partial charge in [-0.1, -0.05) is 18.6 Å². The summed E-state index contributed by atoms with van der Waals surface area (Å²) in [6.07, 6.45) is 3.64. The lowest BCUT2D eigenvalue weighted by atomic mass is 9.85. The minimum absolute atomic E-state index is 0.0967. The van der Waals surface area contributed by atoms with Crippen molar-refractivity contribution in [2.45, 2.75) is 32.2 Å². The fraction of sp³-hybridized carbons (Fsp3) is 0.438. The molecular formula is C16H18N2O3. The molecule has 0 saturated heterocycles. The van der Waals surface area contributed by atoms with Crippen molar-refractivity contribution in [3.63, 3.8) is 0 Å². The molecule has 21 heavy (non-hydrogen) atoms. The first-order chi connectivity index (χ1) is 10.2. The van der Waals surface area contributed by atoms with Gasteiger partial charge in [0.1, 0.15) is 5.75 Å². The van der Waals surface area contributed by atoms with Crippen molar-refractivity contribution < 1.29 is 14.3 Å². The molecule has 3 amide bonds. The number of fused-ring (bicyclic) bond motifs is 1. The summed E-state index contributed by atoms with van der Waals surface area (Å²) >= 11 is 0. The number of hydrogen-bond donors (Lipinski definition) is 0. The molecule has 1 aliphatic carbocycles. The molecule has 1 atom stereocenters. The summed E-state index contributed by atoms with van der Waals surface area (Å²) in [5.74, 6) is 0.470. The maximum absolute atomic E-state index is 12.5. The molecule has 1 aromatic rings. The summed E-state index contributed by atoms with van der Waals surface area (Å²) in [5.41, 5.74) is 1.68. The molecule has 0 aromatic heterocycles. The number of imide groups is 1. The molecule has 1 aliphatic heterocycles. The number of ether oxygens (including phenoxy) is 1. The first-order valence-electron chi connectivity index (χ1n) is 7.25. The van der Waals surface area contributed by atoms with Gasteiger partial charge in [-0.2, -0.15) is 0 Å². The Morgan fingerprint density at radius 1 is 1.24 bits per heavy atom. The van der Waals surface area contributed by atoms with Gasteiger partial charge in [0.15, 0.2) is 0 Å². The van der Waals surface area contributed by atoms with Crippen molar-refractivity contribution in [2.75, 3.05) is 7.11 Å². The van der Waals surface area contributed by atoms with Crippen LogP contribution in [0.25, 0.3) is 0 Å². The van der Waals surface area contributed by atoms with E-state index in [0.29, 0.717) is 0 Å². The van der Waals surface area contributed by atoms with Crippen LogP contribution >= 0.6 is 0 Å². The highest BCUT2D eigenvalue weighted by Crippen LogP contribution is 2.28. The van der Waals surface area contributed by atoms with Gasteiger partial charge in [0.25, 0.3) is 0 Å². The van der Waals surface area contributed by atoms with Gasteiger partial charge in [0, 0.05) is 5.71 Å². The van der Waals surface area contributed by atoms with Crippen molar-refractivity contribution in [2.24, 2.45) is 10.9 Å². The Kier molecular flexibility index (Phi) is 3.73. The monoisotopic (exact) mass is 286 g/mol. The van der Waals surface area contributed by atoms with E-state index in [-0.39, 0.29) is 18.4 Å². The van der Waals surface area contributed by atoms with E-state index < -0.39 is 6.03 Å². The minimum atomic E-state index is -0.427. The van der Waals surface area contributed by atoms with Gasteiger partial charge in [-0.3, -0.25) is 9.69 Å². The summed E-state index contributed by atoms with van der Waals surface area (Å²) in [5, 5.41) is 0. The molecule has 110 valence electrons. The number of methoxy groups -OCH3 is 1. The largest absolute Gasteiger partial charge is 0.497 e. The topological polar surface area (TPSA) is 59.0 Å². The molecule has 2 aliphatic rings. The Morgan fingerprint density at radius 2 is 2.00 bits per heavy atom.